The second kappa shape index (κ2) is 7.94. The van der Waals surface area contributed by atoms with Gasteiger partial charge in [0.15, 0.2) is 0 Å². The first kappa shape index (κ1) is 16.5. The van der Waals surface area contributed by atoms with Crippen molar-refractivity contribution in [3.63, 3.8) is 0 Å². The van der Waals surface area contributed by atoms with E-state index >= 15 is 0 Å². The van der Waals surface area contributed by atoms with Crippen LogP contribution in [0.4, 0.5) is 0 Å². The minimum absolute atomic E-state index is 0.0797. The Kier molecular flexibility index (Phi) is 5.95. The number of amides is 2. The molecule has 2 rings (SSSR count). The largest absolute Gasteiger partial charge is 0.369 e. The highest BCUT2D eigenvalue weighted by atomic mass is 16.2. The van der Waals surface area contributed by atoms with E-state index in [9.17, 15) is 9.59 Å². The van der Waals surface area contributed by atoms with Crippen molar-refractivity contribution in [1.29, 1.82) is 0 Å². The highest BCUT2D eigenvalue weighted by molar-refractivity contribution is 5.83. The van der Waals surface area contributed by atoms with Crippen LogP contribution in [0, 0.1) is 0 Å². The molecular formula is C17H25N3O2. The molecule has 5 heteroatoms. The van der Waals surface area contributed by atoms with Crippen molar-refractivity contribution in [2.75, 3.05) is 32.7 Å². The Balaban J connectivity index is 2.01. The third-order valence-electron chi connectivity index (χ3n) is 4.19. The average molecular weight is 303 g/mol. The van der Waals surface area contributed by atoms with Gasteiger partial charge in [-0.05, 0) is 18.4 Å². The minimum atomic E-state index is -0.310. The van der Waals surface area contributed by atoms with Crippen LogP contribution in [-0.4, -0.2) is 54.3 Å². The molecule has 0 spiro atoms. The van der Waals surface area contributed by atoms with Crippen molar-refractivity contribution in [2.24, 2.45) is 5.73 Å². The zero-order valence-electron chi connectivity index (χ0n) is 13.2. The summed E-state index contributed by atoms with van der Waals surface area (Å²) in [6.07, 6.45) is 1.68. The molecule has 2 N–H and O–H groups in total. The summed E-state index contributed by atoms with van der Waals surface area (Å²) in [5, 5.41) is 0. The Hall–Kier alpha value is -1.88. The Labute approximate surface area is 132 Å². The Bertz CT molecular complexity index is 504. The summed E-state index contributed by atoms with van der Waals surface area (Å²) in [6, 6.07) is 9.95. The van der Waals surface area contributed by atoms with Crippen LogP contribution in [-0.2, 0) is 9.59 Å². The maximum Gasteiger partial charge on any atom is 0.231 e. The molecule has 2 amide bonds. The molecular weight excluding hydrogens is 278 g/mol. The molecule has 1 heterocycles. The SMILES string of the molecule is CCC(C(=O)N1CCCN(CC(N)=O)CC1)c1ccccc1. The molecule has 1 aliphatic rings. The highest BCUT2D eigenvalue weighted by Gasteiger charge is 2.26. The molecule has 120 valence electrons. The van der Waals surface area contributed by atoms with Crippen molar-refractivity contribution < 1.29 is 9.59 Å². The second-order valence-corrected chi connectivity index (χ2v) is 5.79. The first-order valence-electron chi connectivity index (χ1n) is 7.96. The Morgan fingerprint density at radius 3 is 2.50 bits per heavy atom. The van der Waals surface area contributed by atoms with Gasteiger partial charge in [-0.2, -0.15) is 0 Å². The molecule has 0 bridgehead atoms. The summed E-state index contributed by atoms with van der Waals surface area (Å²) in [5.74, 6) is -0.200. The molecule has 1 aromatic carbocycles. The number of rotatable bonds is 5. The van der Waals surface area contributed by atoms with Gasteiger partial charge in [0.1, 0.15) is 0 Å². The summed E-state index contributed by atoms with van der Waals surface area (Å²) in [4.78, 5) is 27.8. The van der Waals surface area contributed by atoms with Crippen LogP contribution in [0.15, 0.2) is 30.3 Å². The molecule has 0 saturated carbocycles. The molecule has 0 aromatic heterocycles. The first-order valence-corrected chi connectivity index (χ1v) is 7.96. The van der Waals surface area contributed by atoms with Crippen LogP contribution in [0.25, 0.3) is 0 Å². The summed E-state index contributed by atoms with van der Waals surface area (Å²) in [7, 11) is 0. The van der Waals surface area contributed by atoms with E-state index < -0.39 is 0 Å². The van der Waals surface area contributed by atoms with Gasteiger partial charge in [0, 0.05) is 26.2 Å². The lowest BCUT2D eigenvalue weighted by Crippen LogP contribution is -2.39. The van der Waals surface area contributed by atoms with Gasteiger partial charge in [-0.25, -0.2) is 0 Å². The molecule has 1 aromatic rings. The number of hydrogen-bond acceptors (Lipinski definition) is 3. The average Bonchev–Trinajstić information content (AvgIpc) is 2.74. The summed E-state index contributed by atoms with van der Waals surface area (Å²) < 4.78 is 0. The fourth-order valence-corrected chi connectivity index (χ4v) is 3.03. The van der Waals surface area contributed by atoms with Crippen LogP contribution in [0.5, 0.6) is 0 Å². The van der Waals surface area contributed by atoms with E-state index in [0.717, 1.165) is 31.5 Å². The monoisotopic (exact) mass is 303 g/mol. The van der Waals surface area contributed by atoms with E-state index in [2.05, 4.69) is 0 Å². The Morgan fingerprint density at radius 1 is 1.14 bits per heavy atom. The van der Waals surface area contributed by atoms with E-state index in [-0.39, 0.29) is 24.3 Å². The molecule has 0 radical (unpaired) electrons. The van der Waals surface area contributed by atoms with Crippen LogP contribution in [0.2, 0.25) is 0 Å². The zero-order chi connectivity index (χ0) is 15.9. The fourth-order valence-electron chi connectivity index (χ4n) is 3.03. The summed E-state index contributed by atoms with van der Waals surface area (Å²) in [6.45, 7) is 5.26. The van der Waals surface area contributed by atoms with Gasteiger partial charge in [-0.15, -0.1) is 0 Å². The maximum absolute atomic E-state index is 12.8. The van der Waals surface area contributed by atoms with Gasteiger partial charge < -0.3 is 10.6 Å². The van der Waals surface area contributed by atoms with Crippen molar-refractivity contribution in [3.8, 4) is 0 Å². The van der Waals surface area contributed by atoms with E-state index in [1.807, 2.05) is 47.1 Å². The second-order valence-electron chi connectivity index (χ2n) is 5.79. The van der Waals surface area contributed by atoms with E-state index in [1.54, 1.807) is 0 Å². The van der Waals surface area contributed by atoms with Crippen molar-refractivity contribution in [3.05, 3.63) is 35.9 Å². The minimum Gasteiger partial charge on any atom is -0.369 e. The number of carbonyl (C=O) groups excluding carboxylic acids is 2. The van der Waals surface area contributed by atoms with Gasteiger partial charge >= 0.3 is 0 Å². The first-order chi connectivity index (χ1) is 10.6. The molecule has 1 saturated heterocycles. The van der Waals surface area contributed by atoms with Crippen LogP contribution in [0.3, 0.4) is 0 Å². The number of primary amides is 1. The number of hydrogen-bond donors (Lipinski definition) is 1. The topological polar surface area (TPSA) is 66.6 Å². The van der Waals surface area contributed by atoms with Crippen LogP contribution >= 0.6 is 0 Å². The van der Waals surface area contributed by atoms with E-state index in [1.165, 1.54) is 0 Å². The number of nitrogens with two attached hydrogens (primary N) is 1. The predicted molar refractivity (Wildman–Crippen MR) is 86.3 cm³/mol. The smallest absolute Gasteiger partial charge is 0.231 e. The molecule has 0 aliphatic carbocycles. The van der Waals surface area contributed by atoms with E-state index in [0.29, 0.717) is 13.1 Å². The van der Waals surface area contributed by atoms with Crippen molar-refractivity contribution in [1.82, 2.24) is 9.80 Å². The van der Waals surface area contributed by atoms with Crippen LogP contribution in [0.1, 0.15) is 31.2 Å². The van der Waals surface area contributed by atoms with Gasteiger partial charge in [0.05, 0.1) is 12.5 Å². The maximum atomic E-state index is 12.8. The standard InChI is InChI=1S/C17H25N3O2/c1-2-15(14-7-4-3-5-8-14)17(22)20-10-6-9-19(11-12-20)13-16(18)21/h3-5,7-8,15H,2,6,9-13H2,1H3,(H2,18,21). The fraction of sp³-hybridized carbons (Fsp3) is 0.529. The normalized spacial score (nSPS) is 17.8. The molecule has 1 unspecified atom stereocenters. The number of carbonyl (C=O) groups is 2. The van der Waals surface area contributed by atoms with Gasteiger partial charge in [0.2, 0.25) is 11.8 Å². The molecule has 1 aliphatic heterocycles. The molecule has 1 atom stereocenters. The number of benzene rings is 1. The quantitative estimate of drug-likeness (QED) is 0.889. The van der Waals surface area contributed by atoms with Gasteiger partial charge in [-0.3, -0.25) is 14.5 Å². The molecule has 22 heavy (non-hydrogen) atoms. The Morgan fingerprint density at radius 2 is 1.86 bits per heavy atom. The third kappa shape index (κ3) is 4.31. The molecule has 1 fully saturated rings. The van der Waals surface area contributed by atoms with Crippen LogP contribution < -0.4 is 5.73 Å². The highest BCUT2D eigenvalue weighted by Crippen LogP contribution is 2.22. The van der Waals surface area contributed by atoms with Gasteiger partial charge in [0.25, 0.3) is 0 Å². The van der Waals surface area contributed by atoms with E-state index in [4.69, 9.17) is 5.73 Å². The third-order valence-corrected chi connectivity index (χ3v) is 4.19. The summed E-state index contributed by atoms with van der Waals surface area (Å²) in [5.41, 5.74) is 6.33. The molecule has 5 nitrogen and oxygen atoms in total. The van der Waals surface area contributed by atoms with Crippen molar-refractivity contribution in [2.45, 2.75) is 25.7 Å². The lowest BCUT2D eigenvalue weighted by atomic mass is 9.95. The number of nitrogens with zero attached hydrogens (tertiary/aromatic N) is 2. The summed E-state index contributed by atoms with van der Waals surface area (Å²) >= 11 is 0. The lowest BCUT2D eigenvalue weighted by Gasteiger charge is -2.26. The van der Waals surface area contributed by atoms with Crippen molar-refractivity contribution >= 4 is 11.8 Å². The van der Waals surface area contributed by atoms with Gasteiger partial charge in [-0.1, -0.05) is 37.3 Å². The predicted octanol–water partition coefficient (Wildman–Crippen LogP) is 1.20. The zero-order valence-corrected chi connectivity index (χ0v) is 13.2. The lowest BCUT2D eigenvalue weighted by molar-refractivity contribution is -0.132.